The highest BCUT2D eigenvalue weighted by molar-refractivity contribution is 6.00. The molecule has 4 heteroatoms. The number of aryl methyl sites for hydroxylation is 2. The molecule has 4 nitrogen and oxygen atoms in total. The minimum absolute atomic E-state index is 0.777. The van der Waals surface area contributed by atoms with E-state index in [-0.39, 0.29) is 0 Å². The third-order valence-corrected chi connectivity index (χ3v) is 10.00. The molecule has 0 unspecified atom stereocenters. The van der Waals surface area contributed by atoms with Gasteiger partial charge in [-0.2, -0.15) is 0 Å². The highest BCUT2D eigenvalue weighted by atomic mass is 15.0. The summed E-state index contributed by atoms with van der Waals surface area (Å²) in [7, 11) is 2.16. The third-order valence-electron chi connectivity index (χ3n) is 10.00. The van der Waals surface area contributed by atoms with Crippen molar-refractivity contribution in [3.8, 4) is 44.5 Å². The summed E-state index contributed by atoms with van der Waals surface area (Å²) in [5.74, 6) is 0. The van der Waals surface area contributed by atoms with Gasteiger partial charge >= 0.3 is 0 Å². The predicted octanol–water partition coefficient (Wildman–Crippen LogP) is 11.8. The van der Waals surface area contributed by atoms with E-state index >= 15 is 0 Å². The first-order valence-electron chi connectivity index (χ1n) is 17.5. The van der Waals surface area contributed by atoms with Crippen LogP contribution in [0.2, 0.25) is 0 Å². The van der Waals surface area contributed by atoms with Gasteiger partial charge in [-0.3, -0.25) is 0 Å². The molecule has 4 aromatic carbocycles. The predicted molar refractivity (Wildman–Crippen MR) is 215 cm³/mol. The second-order valence-electron chi connectivity index (χ2n) is 12.9. The fourth-order valence-corrected chi connectivity index (χ4v) is 7.67. The molecule has 0 spiro atoms. The van der Waals surface area contributed by atoms with E-state index in [9.17, 15) is 0 Å². The van der Waals surface area contributed by atoms with Gasteiger partial charge in [0.2, 0.25) is 0 Å². The molecule has 0 atom stereocenters. The lowest BCUT2D eigenvalue weighted by Gasteiger charge is -2.12. The van der Waals surface area contributed by atoms with E-state index in [1.807, 2.05) is 0 Å². The van der Waals surface area contributed by atoms with Crippen LogP contribution in [0.4, 0.5) is 0 Å². The molecular weight excluding hydrogens is 621 g/mol. The topological polar surface area (TPSA) is 35.6 Å². The summed E-state index contributed by atoms with van der Waals surface area (Å²) >= 11 is 0. The number of aromatic nitrogens is 4. The summed E-state index contributed by atoms with van der Waals surface area (Å²) in [6.07, 6.45) is 8.73. The van der Waals surface area contributed by atoms with Gasteiger partial charge < -0.3 is 9.13 Å². The molecule has 8 bridgehead atoms. The summed E-state index contributed by atoms with van der Waals surface area (Å²) < 4.78 is 4.72. The van der Waals surface area contributed by atoms with E-state index in [2.05, 4.69) is 193 Å². The molecular formula is C47H36N4. The quantitative estimate of drug-likeness (QED) is 0.185. The first kappa shape index (κ1) is 30.5. The Labute approximate surface area is 298 Å². The van der Waals surface area contributed by atoms with Gasteiger partial charge in [-0.1, -0.05) is 121 Å². The van der Waals surface area contributed by atoms with Crippen LogP contribution in [0.3, 0.4) is 0 Å². The molecule has 9 rings (SSSR count). The van der Waals surface area contributed by atoms with E-state index in [1.165, 1.54) is 0 Å². The molecule has 0 radical (unpaired) electrons. The monoisotopic (exact) mass is 656 g/mol. The Bertz CT molecular complexity index is 2460. The zero-order chi connectivity index (χ0) is 34.3. The first-order valence-corrected chi connectivity index (χ1v) is 17.5. The van der Waals surface area contributed by atoms with Gasteiger partial charge in [0.25, 0.3) is 0 Å². The number of fused-ring (bicyclic) bond motifs is 8. The Morgan fingerprint density at radius 3 is 0.941 bits per heavy atom. The van der Waals surface area contributed by atoms with Crippen LogP contribution in [0.15, 0.2) is 146 Å². The molecule has 244 valence electrons. The second kappa shape index (κ2) is 12.7. The standard InChI is InChI=1S/C47H36N4/c1-3-51-42-30-31-43(51)47(35-22-14-7-15-23-35)39-27-25-37(49-39)45(33-18-10-5-11-19-33)41-29-28-40(50(41)2)44(32-16-8-4-9-17-32)36-24-26-38(48-36)46(42)34-20-12-6-13-21-34/h4-31H,3H2,1-2H3. The summed E-state index contributed by atoms with van der Waals surface area (Å²) in [5.41, 5.74) is 17.0. The SMILES string of the molecule is CCn1c2ccc1c(-c1ccccc1)c1nc(c(-c3ccccc3)c3ccc(c(-c4ccccc4)c4nc(c2-c2ccccc2)C=C4)n3C)C=C1. The molecule has 0 fully saturated rings. The van der Waals surface area contributed by atoms with E-state index in [1.54, 1.807) is 0 Å². The maximum atomic E-state index is 5.48. The molecule has 2 aliphatic heterocycles. The van der Waals surface area contributed by atoms with Gasteiger partial charge in [0, 0.05) is 35.8 Å². The molecule has 51 heavy (non-hydrogen) atoms. The van der Waals surface area contributed by atoms with Crippen LogP contribution in [0.1, 0.15) is 29.7 Å². The van der Waals surface area contributed by atoms with Crippen molar-refractivity contribution in [1.29, 1.82) is 0 Å². The van der Waals surface area contributed by atoms with Gasteiger partial charge in [-0.15, -0.1) is 0 Å². The number of benzene rings is 4. The van der Waals surface area contributed by atoms with Crippen molar-refractivity contribution in [3.05, 3.63) is 168 Å². The van der Waals surface area contributed by atoms with Crippen molar-refractivity contribution in [2.75, 3.05) is 0 Å². The van der Waals surface area contributed by atoms with Crippen molar-refractivity contribution >= 4 is 46.4 Å². The van der Waals surface area contributed by atoms with Crippen LogP contribution in [0.25, 0.3) is 90.9 Å². The maximum Gasteiger partial charge on any atom is 0.0737 e. The minimum atomic E-state index is 0.777. The summed E-state index contributed by atoms with van der Waals surface area (Å²) in [5, 5.41) is 0. The summed E-state index contributed by atoms with van der Waals surface area (Å²) in [6.45, 7) is 3.00. The molecule has 0 saturated carbocycles. The second-order valence-corrected chi connectivity index (χ2v) is 12.9. The van der Waals surface area contributed by atoms with Crippen LogP contribution in [0, 0.1) is 0 Å². The largest absolute Gasteiger partial charge is 0.343 e. The minimum Gasteiger partial charge on any atom is -0.343 e. The van der Waals surface area contributed by atoms with Crippen molar-refractivity contribution < 1.29 is 0 Å². The Morgan fingerprint density at radius 1 is 0.373 bits per heavy atom. The molecule has 0 saturated heterocycles. The van der Waals surface area contributed by atoms with E-state index in [4.69, 9.17) is 9.97 Å². The van der Waals surface area contributed by atoms with Gasteiger partial charge in [-0.05, 0) is 77.7 Å². The highest BCUT2D eigenvalue weighted by Crippen LogP contribution is 2.39. The first-order chi connectivity index (χ1) is 25.2. The highest BCUT2D eigenvalue weighted by Gasteiger charge is 2.21. The molecule has 5 heterocycles. The van der Waals surface area contributed by atoms with Crippen LogP contribution in [0.5, 0.6) is 0 Å². The molecule has 0 aliphatic carbocycles. The lowest BCUT2D eigenvalue weighted by atomic mass is 10.0. The van der Waals surface area contributed by atoms with Gasteiger partial charge in [0.05, 0.1) is 44.8 Å². The van der Waals surface area contributed by atoms with E-state index < -0.39 is 0 Å². The molecule has 2 aliphatic rings. The lowest BCUT2D eigenvalue weighted by Crippen LogP contribution is -1.98. The van der Waals surface area contributed by atoms with Crippen molar-refractivity contribution in [1.82, 2.24) is 19.1 Å². The Hall–Kier alpha value is -6.52. The number of rotatable bonds is 5. The average Bonchev–Trinajstić information content (AvgIpc) is 4.01. The fourth-order valence-electron chi connectivity index (χ4n) is 7.67. The smallest absolute Gasteiger partial charge is 0.0737 e. The van der Waals surface area contributed by atoms with Gasteiger partial charge in [0.1, 0.15) is 0 Å². The maximum absolute atomic E-state index is 5.48. The Morgan fingerprint density at radius 2 is 0.647 bits per heavy atom. The Kier molecular flexibility index (Phi) is 7.63. The zero-order valence-electron chi connectivity index (χ0n) is 28.7. The van der Waals surface area contributed by atoms with Gasteiger partial charge in [-0.25, -0.2) is 9.97 Å². The zero-order valence-corrected chi connectivity index (χ0v) is 28.7. The molecule has 0 amide bonds. The lowest BCUT2D eigenvalue weighted by molar-refractivity contribution is 0.826. The average molecular weight is 657 g/mol. The molecule has 0 N–H and O–H groups in total. The van der Waals surface area contributed by atoms with Crippen molar-refractivity contribution in [2.24, 2.45) is 7.05 Å². The van der Waals surface area contributed by atoms with E-state index in [0.29, 0.717) is 0 Å². The number of hydrogen-bond acceptors (Lipinski definition) is 2. The Balaban J connectivity index is 1.54. The summed E-state index contributed by atoms with van der Waals surface area (Å²) in [6, 6.07) is 51.6. The molecule has 3 aromatic heterocycles. The van der Waals surface area contributed by atoms with Crippen molar-refractivity contribution in [3.63, 3.8) is 0 Å². The van der Waals surface area contributed by atoms with Crippen molar-refractivity contribution in [2.45, 2.75) is 13.5 Å². The van der Waals surface area contributed by atoms with Crippen LogP contribution in [-0.4, -0.2) is 19.1 Å². The van der Waals surface area contributed by atoms with Gasteiger partial charge in [0.15, 0.2) is 0 Å². The van der Waals surface area contributed by atoms with Crippen LogP contribution < -0.4 is 0 Å². The number of hydrogen-bond donors (Lipinski definition) is 0. The molecule has 7 aromatic rings. The van der Waals surface area contributed by atoms with Crippen LogP contribution in [-0.2, 0) is 13.6 Å². The fraction of sp³-hybridized carbons (Fsp3) is 0.0638. The third kappa shape index (κ3) is 5.24. The van der Waals surface area contributed by atoms with Crippen LogP contribution >= 0.6 is 0 Å². The number of nitrogens with zero attached hydrogens (tertiary/aromatic N) is 4. The van der Waals surface area contributed by atoms with E-state index in [0.717, 1.165) is 95.9 Å². The summed E-state index contributed by atoms with van der Waals surface area (Å²) in [4.78, 5) is 11.0. The normalized spacial score (nSPS) is 12.0.